The normalized spacial score (nSPS) is 14.7. The van der Waals surface area contributed by atoms with Crippen LogP contribution in [0.25, 0.3) is 0 Å². The lowest BCUT2D eigenvalue weighted by Gasteiger charge is -2.33. The molecule has 1 aromatic rings. The van der Waals surface area contributed by atoms with E-state index in [0.29, 0.717) is 18.2 Å². The summed E-state index contributed by atoms with van der Waals surface area (Å²) in [5, 5.41) is 5.84. The van der Waals surface area contributed by atoms with Gasteiger partial charge in [0, 0.05) is 18.3 Å². The number of nitrogens with one attached hydrogen (secondary N) is 1. The van der Waals surface area contributed by atoms with E-state index in [0.717, 1.165) is 11.4 Å². The van der Waals surface area contributed by atoms with Crippen LogP contribution in [0.3, 0.4) is 0 Å². The molecule has 0 saturated carbocycles. The SMILES string of the molecule is CC(C)Cc1nc(C(=O)NC(C)(CN)C(C)C)cs1. The Hall–Kier alpha value is -0.940. The zero-order valence-electron chi connectivity index (χ0n) is 12.5. The summed E-state index contributed by atoms with van der Waals surface area (Å²) in [6.45, 7) is 10.8. The summed E-state index contributed by atoms with van der Waals surface area (Å²) in [5.41, 5.74) is 5.88. The van der Waals surface area contributed by atoms with Gasteiger partial charge in [0.1, 0.15) is 5.69 Å². The van der Waals surface area contributed by atoms with E-state index in [1.807, 2.05) is 12.3 Å². The minimum absolute atomic E-state index is 0.132. The van der Waals surface area contributed by atoms with Gasteiger partial charge in [0.05, 0.1) is 10.5 Å². The van der Waals surface area contributed by atoms with Gasteiger partial charge in [-0.25, -0.2) is 4.98 Å². The number of thiazole rings is 1. The van der Waals surface area contributed by atoms with Crippen LogP contribution in [-0.2, 0) is 6.42 Å². The molecular weight excluding hydrogens is 258 g/mol. The first-order chi connectivity index (χ1) is 8.78. The molecule has 1 atom stereocenters. The number of hydrogen-bond donors (Lipinski definition) is 2. The van der Waals surface area contributed by atoms with Crippen LogP contribution in [0, 0.1) is 11.8 Å². The van der Waals surface area contributed by atoms with Gasteiger partial charge in [-0.15, -0.1) is 11.3 Å². The molecule has 1 rings (SSSR count). The van der Waals surface area contributed by atoms with E-state index in [9.17, 15) is 4.79 Å². The second kappa shape index (κ2) is 6.48. The van der Waals surface area contributed by atoms with Crippen molar-refractivity contribution in [1.29, 1.82) is 0 Å². The summed E-state index contributed by atoms with van der Waals surface area (Å²) in [5.74, 6) is 0.690. The van der Waals surface area contributed by atoms with E-state index in [4.69, 9.17) is 5.73 Å². The lowest BCUT2D eigenvalue weighted by Crippen LogP contribution is -2.55. The fourth-order valence-electron chi connectivity index (χ4n) is 1.61. The third-order valence-electron chi connectivity index (χ3n) is 3.46. The fourth-order valence-corrected chi connectivity index (χ4v) is 2.60. The van der Waals surface area contributed by atoms with E-state index >= 15 is 0 Å². The summed E-state index contributed by atoms with van der Waals surface area (Å²) >= 11 is 1.55. The van der Waals surface area contributed by atoms with Crippen molar-refractivity contribution >= 4 is 17.2 Å². The Morgan fingerprint density at radius 3 is 2.58 bits per heavy atom. The maximum Gasteiger partial charge on any atom is 0.271 e. The van der Waals surface area contributed by atoms with Crippen molar-refractivity contribution < 1.29 is 4.79 Å². The average molecular weight is 283 g/mol. The molecule has 0 bridgehead atoms. The molecule has 0 aromatic carbocycles. The van der Waals surface area contributed by atoms with Crippen molar-refractivity contribution in [3.8, 4) is 0 Å². The molecule has 0 aliphatic rings. The smallest absolute Gasteiger partial charge is 0.271 e. The lowest BCUT2D eigenvalue weighted by molar-refractivity contribution is 0.0878. The van der Waals surface area contributed by atoms with Crippen molar-refractivity contribution in [2.45, 2.75) is 46.6 Å². The number of carbonyl (C=O) groups excluding carboxylic acids is 1. The van der Waals surface area contributed by atoms with Crippen LogP contribution in [0.1, 0.15) is 50.1 Å². The molecule has 3 N–H and O–H groups in total. The maximum absolute atomic E-state index is 12.2. The fraction of sp³-hybridized carbons (Fsp3) is 0.714. The summed E-state index contributed by atoms with van der Waals surface area (Å²) in [6, 6.07) is 0. The Morgan fingerprint density at radius 2 is 2.11 bits per heavy atom. The number of nitrogens with zero attached hydrogens (tertiary/aromatic N) is 1. The molecule has 108 valence electrons. The predicted octanol–water partition coefficient (Wildman–Crippen LogP) is 2.44. The van der Waals surface area contributed by atoms with Crippen LogP contribution in [0.5, 0.6) is 0 Å². The summed E-state index contributed by atoms with van der Waals surface area (Å²) in [4.78, 5) is 16.6. The molecule has 0 radical (unpaired) electrons. The van der Waals surface area contributed by atoms with Gasteiger partial charge in [0.2, 0.25) is 0 Å². The number of amides is 1. The van der Waals surface area contributed by atoms with Gasteiger partial charge in [-0.05, 0) is 18.8 Å². The van der Waals surface area contributed by atoms with Crippen molar-refractivity contribution in [2.75, 3.05) is 6.54 Å². The molecule has 19 heavy (non-hydrogen) atoms. The second-order valence-corrected chi connectivity index (χ2v) is 6.90. The quantitative estimate of drug-likeness (QED) is 0.842. The second-order valence-electron chi connectivity index (χ2n) is 5.95. The first-order valence-electron chi connectivity index (χ1n) is 6.75. The topological polar surface area (TPSA) is 68.0 Å². The third-order valence-corrected chi connectivity index (χ3v) is 4.34. The van der Waals surface area contributed by atoms with Crippen molar-refractivity contribution in [3.05, 3.63) is 16.1 Å². The van der Waals surface area contributed by atoms with Crippen molar-refractivity contribution in [2.24, 2.45) is 17.6 Å². The minimum atomic E-state index is -0.390. The predicted molar refractivity (Wildman–Crippen MR) is 80.4 cm³/mol. The molecule has 4 nitrogen and oxygen atoms in total. The van der Waals surface area contributed by atoms with Crippen molar-refractivity contribution in [3.63, 3.8) is 0 Å². The lowest BCUT2D eigenvalue weighted by atomic mass is 9.88. The molecular formula is C14H25N3OS. The Balaban J connectivity index is 2.75. The van der Waals surface area contributed by atoms with E-state index < -0.39 is 0 Å². The summed E-state index contributed by atoms with van der Waals surface area (Å²) in [7, 11) is 0. The van der Waals surface area contributed by atoms with E-state index in [1.165, 1.54) is 0 Å². The number of hydrogen-bond acceptors (Lipinski definition) is 4. The van der Waals surface area contributed by atoms with E-state index in [-0.39, 0.29) is 17.4 Å². The molecule has 0 saturated heterocycles. The first-order valence-corrected chi connectivity index (χ1v) is 7.63. The van der Waals surface area contributed by atoms with Gasteiger partial charge in [-0.3, -0.25) is 4.79 Å². The first kappa shape index (κ1) is 16.1. The number of carbonyl (C=O) groups is 1. The standard InChI is InChI=1S/C14H25N3OS/c1-9(2)6-12-16-11(7-19-12)13(18)17-14(5,8-15)10(3)4/h7,9-10H,6,8,15H2,1-5H3,(H,17,18). The van der Waals surface area contributed by atoms with Crippen LogP contribution < -0.4 is 11.1 Å². The van der Waals surface area contributed by atoms with Crippen LogP contribution in [-0.4, -0.2) is 23.0 Å². The number of rotatable bonds is 6. The zero-order valence-corrected chi connectivity index (χ0v) is 13.3. The molecule has 0 fully saturated rings. The highest BCUT2D eigenvalue weighted by Crippen LogP contribution is 2.18. The van der Waals surface area contributed by atoms with E-state index in [1.54, 1.807) is 11.3 Å². The summed E-state index contributed by atoms with van der Waals surface area (Å²) in [6.07, 6.45) is 0.913. The molecule has 1 amide bonds. The van der Waals surface area contributed by atoms with Gasteiger partial charge >= 0.3 is 0 Å². The van der Waals surface area contributed by atoms with Gasteiger partial charge in [0.15, 0.2) is 0 Å². The minimum Gasteiger partial charge on any atom is -0.344 e. The highest BCUT2D eigenvalue weighted by molar-refractivity contribution is 7.09. The maximum atomic E-state index is 12.2. The van der Waals surface area contributed by atoms with Gasteiger partial charge in [-0.1, -0.05) is 27.7 Å². The highest BCUT2D eigenvalue weighted by atomic mass is 32.1. The molecule has 1 unspecified atom stereocenters. The molecule has 0 spiro atoms. The molecule has 5 heteroatoms. The molecule has 0 aliphatic heterocycles. The Morgan fingerprint density at radius 1 is 1.47 bits per heavy atom. The van der Waals surface area contributed by atoms with Crippen molar-refractivity contribution in [1.82, 2.24) is 10.3 Å². The third kappa shape index (κ3) is 4.28. The summed E-state index contributed by atoms with van der Waals surface area (Å²) < 4.78 is 0. The van der Waals surface area contributed by atoms with Crippen LogP contribution in [0.15, 0.2) is 5.38 Å². The van der Waals surface area contributed by atoms with Gasteiger partial charge in [0.25, 0.3) is 5.91 Å². The Kier molecular flexibility index (Phi) is 5.50. The number of nitrogens with two attached hydrogens (primary N) is 1. The van der Waals surface area contributed by atoms with Gasteiger partial charge < -0.3 is 11.1 Å². The largest absolute Gasteiger partial charge is 0.344 e. The monoisotopic (exact) mass is 283 g/mol. The highest BCUT2D eigenvalue weighted by Gasteiger charge is 2.29. The van der Waals surface area contributed by atoms with Crippen LogP contribution in [0.4, 0.5) is 0 Å². The van der Waals surface area contributed by atoms with Gasteiger partial charge in [-0.2, -0.15) is 0 Å². The Bertz CT molecular complexity index is 428. The average Bonchev–Trinajstić information content (AvgIpc) is 2.76. The zero-order chi connectivity index (χ0) is 14.6. The Labute approximate surface area is 119 Å². The molecule has 0 aliphatic carbocycles. The molecule has 1 heterocycles. The van der Waals surface area contributed by atoms with E-state index in [2.05, 4.69) is 38.0 Å². The molecule has 1 aromatic heterocycles. The number of aromatic nitrogens is 1. The van der Waals surface area contributed by atoms with Crippen LogP contribution >= 0.6 is 11.3 Å². The van der Waals surface area contributed by atoms with Crippen LogP contribution in [0.2, 0.25) is 0 Å².